The Morgan fingerprint density at radius 2 is 1.82 bits per heavy atom. The van der Waals surface area contributed by atoms with E-state index in [1.807, 2.05) is 30.3 Å². The number of nitrogens with one attached hydrogen (secondary N) is 2. The predicted octanol–water partition coefficient (Wildman–Crippen LogP) is 1.88. The molecule has 2 aromatic rings. The van der Waals surface area contributed by atoms with E-state index in [0.717, 1.165) is 11.1 Å². The quantitative estimate of drug-likeness (QED) is 0.697. The Bertz CT molecular complexity index is 1120. The molecule has 0 bridgehead atoms. The van der Waals surface area contributed by atoms with Crippen LogP contribution in [0.5, 0.6) is 0 Å². The molecule has 1 unspecified atom stereocenters. The maximum atomic E-state index is 13.3. The number of benzene rings is 2. The molecule has 8 heteroatoms. The molecule has 1 atom stereocenters. The molecule has 2 saturated heterocycles. The van der Waals surface area contributed by atoms with Gasteiger partial charge in [0.15, 0.2) is 0 Å². The zero-order valence-electron chi connectivity index (χ0n) is 18.1. The monoisotopic (exact) mass is 447 g/mol. The molecule has 3 heterocycles. The fraction of sp³-hybridized carbons (Fsp3) is 0.360. The number of carbonyl (C=O) groups is 4. The van der Waals surface area contributed by atoms with Crippen LogP contribution < -0.4 is 10.6 Å². The lowest BCUT2D eigenvalue weighted by Crippen LogP contribution is -2.52. The van der Waals surface area contributed by atoms with Crippen LogP contribution in [-0.4, -0.2) is 47.8 Å². The molecule has 3 aliphatic rings. The van der Waals surface area contributed by atoms with Crippen LogP contribution in [0.2, 0.25) is 0 Å². The highest BCUT2D eigenvalue weighted by Crippen LogP contribution is 2.33. The molecule has 0 radical (unpaired) electrons. The van der Waals surface area contributed by atoms with Gasteiger partial charge in [-0.2, -0.15) is 0 Å². The van der Waals surface area contributed by atoms with Gasteiger partial charge in [0.05, 0.1) is 5.54 Å². The molecule has 170 valence electrons. The average molecular weight is 447 g/mol. The van der Waals surface area contributed by atoms with Crippen molar-refractivity contribution in [1.29, 1.82) is 0 Å². The van der Waals surface area contributed by atoms with Crippen LogP contribution in [0.15, 0.2) is 48.5 Å². The third-order valence-corrected chi connectivity index (χ3v) is 6.82. The topological polar surface area (TPSA) is 105 Å². The molecule has 33 heavy (non-hydrogen) atoms. The van der Waals surface area contributed by atoms with Gasteiger partial charge in [-0.3, -0.25) is 24.5 Å². The minimum atomic E-state index is -0.677. The lowest BCUT2D eigenvalue weighted by molar-refractivity contribution is -0.136. The Kier molecular flexibility index (Phi) is 5.46. The first-order chi connectivity index (χ1) is 16.0. The maximum absolute atomic E-state index is 13.3. The van der Waals surface area contributed by atoms with Crippen molar-refractivity contribution in [1.82, 2.24) is 15.5 Å². The second-order valence-electron chi connectivity index (χ2n) is 8.79. The second-order valence-corrected chi connectivity index (χ2v) is 8.79. The maximum Gasteiger partial charge on any atom is 0.255 e. The number of piperidine rings is 1. The number of amides is 4. The average Bonchev–Trinajstić information content (AvgIpc) is 3.16. The number of nitrogens with zero attached hydrogens (tertiary/aromatic N) is 1. The lowest BCUT2D eigenvalue weighted by Gasteiger charge is -2.38. The second kappa shape index (κ2) is 8.44. The van der Waals surface area contributed by atoms with Gasteiger partial charge < -0.3 is 15.0 Å². The van der Waals surface area contributed by atoms with E-state index >= 15 is 0 Å². The molecule has 0 saturated carbocycles. The fourth-order valence-electron chi connectivity index (χ4n) is 4.95. The van der Waals surface area contributed by atoms with Crippen molar-refractivity contribution in [2.24, 2.45) is 0 Å². The molecular weight excluding hydrogens is 422 g/mol. The molecule has 2 N–H and O–H groups in total. The van der Waals surface area contributed by atoms with E-state index in [2.05, 4.69) is 10.6 Å². The summed E-state index contributed by atoms with van der Waals surface area (Å²) in [5.41, 5.74) is 2.09. The van der Waals surface area contributed by atoms with Crippen LogP contribution in [0.25, 0.3) is 0 Å². The molecular formula is C25H25N3O5. The largest absolute Gasteiger partial charge is 0.381 e. The molecule has 3 aliphatic heterocycles. The number of hydrogen-bond acceptors (Lipinski definition) is 5. The zero-order valence-corrected chi connectivity index (χ0v) is 18.1. The minimum absolute atomic E-state index is 0.204. The highest BCUT2D eigenvalue weighted by molar-refractivity contribution is 6.06. The molecule has 2 fully saturated rings. The highest BCUT2D eigenvalue weighted by Gasteiger charge is 2.40. The van der Waals surface area contributed by atoms with Crippen LogP contribution in [-0.2, 0) is 26.4 Å². The number of ether oxygens (including phenoxy) is 1. The summed E-state index contributed by atoms with van der Waals surface area (Å²) >= 11 is 0. The first-order valence-electron chi connectivity index (χ1n) is 11.2. The fourth-order valence-corrected chi connectivity index (χ4v) is 4.95. The molecule has 4 amide bonds. The first-order valence-corrected chi connectivity index (χ1v) is 11.2. The van der Waals surface area contributed by atoms with Crippen LogP contribution >= 0.6 is 0 Å². The summed E-state index contributed by atoms with van der Waals surface area (Å²) in [5, 5.41) is 5.51. The lowest BCUT2D eigenvalue weighted by atomic mass is 9.82. The molecule has 0 aromatic heterocycles. The first kappa shape index (κ1) is 21.3. The third kappa shape index (κ3) is 3.91. The van der Waals surface area contributed by atoms with Crippen LogP contribution in [0.1, 0.15) is 57.5 Å². The van der Waals surface area contributed by atoms with E-state index < -0.39 is 17.5 Å². The SMILES string of the molecule is O=C1CCC(N2Cc3ccc(C(=O)NC4(c5ccccc5)CCOCC4)cc3C2=O)C(=O)N1. The van der Waals surface area contributed by atoms with Crippen molar-refractivity contribution in [3.8, 4) is 0 Å². The summed E-state index contributed by atoms with van der Waals surface area (Å²) < 4.78 is 5.54. The normalized spacial score (nSPS) is 22.0. The third-order valence-electron chi connectivity index (χ3n) is 6.82. The number of carbonyl (C=O) groups excluding carboxylic acids is 4. The van der Waals surface area contributed by atoms with Crippen molar-refractivity contribution >= 4 is 23.6 Å². The Hall–Kier alpha value is -3.52. The van der Waals surface area contributed by atoms with E-state index in [4.69, 9.17) is 4.74 Å². The molecule has 5 rings (SSSR count). The van der Waals surface area contributed by atoms with Crippen molar-refractivity contribution in [3.05, 3.63) is 70.8 Å². The van der Waals surface area contributed by atoms with Crippen LogP contribution in [0.4, 0.5) is 0 Å². The van der Waals surface area contributed by atoms with E-state index in [9.17, 15) is 19.2 Å². The van der Waals surface area contributed by atoms with Crippen molar-refractivity contribution in [2.45, 2.75) is 43.8 Å². The van der Waals surface area contributed by atoms with Crippen molar-refractivity contribution in [3.63, 3.8) is 0 Å². The van der Waals surface area contributed by atoms with Gasteiger partial charge in [0.25, 0.3) is 11.8 Å². The summed E-state index contributed by atoms with van der Waals surface area (Å²) in [7, 11) is 0. The molecule has 0 aliphatic carbocycles. The van der Waals surface area contributed by atoms with Gasteiger partial charge in [0, 0.05) is 37.3 Å². The minimum Gasteiger partial charge on any atom is -0.381 e. The number of fused-ring (bicyclic) bond motifs is 1. The number of hydrogen-bond donors (Lipinski definition) is 2. The molecule has 2 aromatic carbocycles. The van der Waals surface area contributed by atoms with Gasteiger partial charge in [-0.1, -0.05) is 36.4 Å². The van der Waals surface area contributed by atoms with E-state index in [1.54, 1.807) is 18.2 Å². The summed E-state index contributed by atoms with van der Waals surface area (Å²) in [6.45, 7) is 1.39. The number of rotatable bonds is 4. The highest BCUT2D eigenvalue weighted by atomic mass is 16.5. The summed E-state index contributed by atoms with van der Waals surface area (Å²) in [6, 6.07) is 14.3. The van der Waals surface area contributed by atoms with E-state index in [1.165, 1.54) is 4.90 Å². The smallest absolute Gasteiger partial charge is 0.255 e. The zero-order chi connectivity index (χ0) is 23.0. The van der Waals surface area contributed by atoms with Gasteiger partial charge in [-0.15, -0.1) is 0 Å². The van der Waals surface area contributed by atoms with E-state index in [-0.39, 0.29) is 30.7 Å². The predicted molar refractivity (Wildman–Crippen MR) is 118 cm³/mol. The van der Waals surface area contributed by atoms with Gasteiger partial charge in [0.1, 0.15) is 6.04 Å². The molecule has 8 nitrogen and oxygen atoms in total. The summed E-state index contributed by atoms with van der Waals surface area (Å²) in [5.74, 6) is -1.32. The standard InChI is InChI=1S/C25H25N3O5/c29-21-9-8-20(23(31)26-21)28-15-17-7-6-16(14-19(17)24(28)32)22(30)27-25(10-12-33-13-11-25)18-4-2-1-3-5-18/h1-7,14,20H,8-13,15H2,(H,27,30)(H,26,29,31). The Balaban J connectivity index is 1.37. The van der Waals surface area contributed by atoms with Gasteiger partial charge in [-0.25, -0.2) is 0 Å². The summed E-state index contributed by atoms with van der Waals surface area (Å²) in [6.07, 6.45) is 1.83. The molecule has 0 spiro atoms. The van der Waals surface area contributed by atoms with Gasteiger partial charge >= 0.3 is 0 Å². The van der Waals surface area contributed by atoms with Crippen molar-refractivity contribution < 1.29 is 23.9 Å². The Morgan fingerprint density at radius 1 is 1.06 bits per heavy atom. The number of imide groups is 1. The van der Waals surface area contributed by atoms with Gasteiger partial charge in [-0.05, 0) is 42.5 Å². The Labute approximate surface area is 191 Å². The van der Waals surface area contributed by atoms with Gasteiger partial charge in [0.2, 0.25) is 11.8 Å². The van der Waals surface area contributed by atoms with Crippen LogP contribution in [0.3, 0.4) is 0 Å². The summed E-state index contributed by atoms with van der Waals surface area (Å²) in [4.78, 5) is 51.6. The van der Waals surface area contributed by atoms with Crippen molar-refractivity contribution in [2.75, 3.05) is 13.2 Å². The van der Waals surface area contributed by atoms with E-state index in [0.29, 0.717) is 43.6 Å². The Morgan fingerprint density at radius 3 is 2.55 bits per heavy atom. The van der Waals surface area contributed by atoms with Crippen LogP contribution in [0, 0.1) is 0 Å².